The Hall–Kier alpha value is -0.900. The number of rotatable bonds is 1. The summed E-state index contributed by atoms with van der Waals surface area (Å²) in [6.07, 6.45) is 1.93. The van der Waals surface area contributed by atoms with Crippen LogP contribution in [-0.2, 0) is 0 Å². The Morgan fingerprint density at radius 2 is 1.94 bits per heavy atom. The third-order valence-corrected chi connectivity index (χ3v) is 4.20. The highest BCUT2D eigenvalue weighted by molar-refractivity contribution is 9.10. The minimum atomic E-state index is -0.465. The van der Waals surface area contributed by atoms with Gasteiger partial charge in [0.05, 0.1) is 10.0 Å². The van der Waals surface area contributed by atoms with E-state index < -0.39 is 5.82 Å². The lowest BCUT2D eigenvalue weighted by molar-refractivity contribution is 0.0625. The molecule has 0 saturated carbocycles. The Morgan fingerprint density at radius 1 is 1.33 bits per heavy atom. The molecule has 1 aromatic carbocycles. The van der Waals surface area contributed by atoms with Gasteiger partial charge < -0.3 is 4.90 Å². The number of halogens is 2. The van der Waals surface area contributed by atoms with E-state index in [0.29, 0.717) is 17.6 Å². The predicted octanol–water partition coefficient (Wildman–Crippen LogP) is 3.85. The van der Waals surface area contributed by atoms with Gasteiger partial charge in [-0.1, -0.05) is 19.9 Å². The van der Waals surface area contributed by atoms with E-state index in [1.54, 1.807) is 23.1 Å². The molecule has 0 bridgehead atoms. The Balaban J connectivity index is 2.15. The summed E-state index contributed by atoms with van der Waals surface area (Å²) in [5.41, 5.74) is 0.441. The van der Waals surface area contributed by atoms with Gasteiger partial charge in [0.2, 0.25) is 0 Å². The summed E-state index contributed by atoms with van der Waals surface area (Å²) < 4.78 is 14.2. The summed E-state index contributed by atoms with van der Waals surface area (Å²) in [7, 11) is 0. The van der Waals surface area contributed by atoms with Crippen molar-refractivity contribution in [2.24, 2.45) is 5.41 Å². The molecule has 0 unspecified atom stereocenters. The molecule has 1 aliphatic rings. The van der Waals surface area contributed by atoms with Crippen molar-refractivity contribution in [2.75, 3.05) is 13.1 Å². The van der Waals surface area contributed by atoms with E-state index in [4.69, 9.17) is 0 Å². The Labute approximate surface area is 115 Å². The summed E-state index contributed by atoms with van der Waals surface area (Å²) in [6, 6.07) is 4.84. The molecule has 2 nitrogen and oxygen atoms in total. The summed E-state index contributed by atoms with van der Waals surface area (Å²) in [5.74, 6) is -0.670. The number of likely N-dealkylation sites (tertiary alicyclic amines) is 1. The van der Waals surface area contributed by atoms with E-state index in [2.05, 4.69) is 29.8 Å². The van der Waals surface area contributed by atoms with Crippen molar-refractivity contribution in [1.29, 1.82) is 0 Å². The molecule has 1 fully saturated rings. The Morgan fingerprint density at radius 3 is 2.56 bits per heavy atom. The standard InChI is InChI=1S/C14H17BrFNO/c1-14(2)6-8-17(9-7-14)13(18)10-4-3-5-11(15)12(10)16/h3-5H,6-9H2,1-2H3. The highest BCUT2D eigenvalue weighted by atomic mass is 79.9. The van der Waals surface area contributed by atoms with Gasteiger partial charge in [-0.3, -0.25) is 4.79 Å². The summed E-state index contributed by atoms with van der Waals surface area (Å²) in [5, 5.41) is 0. The molecular weight excluding hydrogens is 297 g/mol. The first-order chi connectivity index (χ1) is 8.41. The zero-order chi connectivity index (χ0) is 13.3. The monoisotopic (exact) mass is 313 g/mol. The van der Waals surface area contributed by atoms with Crippen LogP contribution in [0.5, 0.6) is 0 Å². The number of carbonyl (C=O) groups is 1. The van der Waals surface area contributed by atoms with Gasteiger partial charge in [-0.05, 0) is 46.3 Å². The second-order valence-electron chi connectivity index (χ2n) is 5.56. The van der Waals surface area contributed by atoms with E-state index in [1.807, 2.05) is 0 Å². The first-order valence-corrected chi connectivity index (χ1v) is 6.93. The van der Waals surface area contributed by atoms with Gasteiger partial charge in [0.25, 0.3) is 5.91 Å². The quantitative estimate of drug-likeness (QED) is 0.771. The van der Waals surface area contributed by atoms with Gasteiger partial charge in [0.15, 0.2) is 0 Å². The summed E-state index contributed by atoms with van der Waals surface area (Å²) >= 11 is 3.11. The van der Waals surface area contributed by atoms with Crippen molar-refractivity contribution in [1.82, 2.24) is 4.90 Å². The molecule has 1 amide bonds. The third-order valence-electron chi connectivity index (χ3n) is 3.59. The highest BCUT2D eigenvalue weighted by Gasteiger charge is 2.29. The molecule has 0 aliphatic carbocycles. The molecule has 98 valence electrons. The fraction of sp³-hybridized carbons (Fsp3) is 0.500. The van der Waals surface area contributed by atoms with Gasteiger partial charge in [0, 0.05) is 13.1 Å². The van der Waals surface area contributed by atoms with Crippen LogP contribution in [0.2, 0.25) is 0 Å². The molecule has 1 saturated heterocycles. The lowest BCUT2D eigenvalue weighted by Gasteiger charge is -2.37. The molecule has 1 aliphatic heterocycles. The third kappa shape index (κ3) is 2.74. The number of carbonyl (C=O) groups excluding carboxylic acids is 1. The average Bonchev–Trinajstić information content (AvgIpc) is 2.32. The van der Waals surface area contributed by atoms with Crippen LogP contribution in [0.15, 0.2) is 22.7 Å². The van der Waals surface area contributed by atoms with Crippen molar-refractivity contribution < 1.29 is 9.18 Å². The fourth-order valence-electron chi connectivity index (χ4n) is 2.15. The minimum Gasteiger partial charge on any atom is -0.339 e. The highest BCUT2D eigenvalue weighted by Crippen LogP contribution is 2.30. The van der Waals surface area contributed by atoms with Crippen LogP contribution in [-0.4, -0.2) is 23.9 Å². The summed E-state index contributed by atoms with van der Waals surface area (Å²) in [4.78, 5) is 14.0. The van der Waals surface area contributed by atoms with E-state index in [-0.39, 0.29) is 16.9 Å². The maximum Gasteiger partial charge on any atom is 0.256 e. The van der Waals surface area contributed by atoms with Crippen LogP contribution in [0.1, 0.15) is 37.0 Å². The Bertz CT molecular complexity index is 463. The molecule has 0 radical (unpaired) electrons. The normalized spacial score (nSPS) is 18.8. The van der Waals surface area contributed by atoms with Crippen LogP contribution in [0.4, 0.5) is 4.39 Å². The maximum atomic E-state index is 13.9. The molecule has 4 heteroatoms. The summed E-state index contributed by atoms with van der Waals surface area (Å²) in [6.45, 7) is 5.82. The van der Waals surface area contributed by atoms with Crippen molar-refractivity contribution in [3.63, 3.8) is 0 Å². The van der Waals surface area contributed by atoms with E-state index >= 15 is 0 Å². The lowest BCUT2D eigenvalue weighted by Crippen LogP contribution is -2.41. The molecule has 0 aromatic heterocycles. The smallest absolute Gasteiger partial charge is 0.256 e. The van der Waals surface area contributed by atoms with Crippen molar-refractivity contribution in [3.8, 4) is 0 Å². The van der Waals surface area contributed by atoms with Gasteiger partial charge in [-0.2, -0.15) is 0 Å². The van der Waals surface area contributed by atoms with E-state index in [0.717, 1.165) is 12.8 Å². The van der Waals surface area contributed by atoms with Crippen LogP contribution in [0, 0.1) is 11.2 Å². The van der Waals surface area contributed by atoms with Crippen LogP contribution >= 0.6 is 15.9 Å². The number of hydrogen-bond donors (Lipinski definition) is 0. The molecule has 0 spiro atoms. The molecular formula is C14H17BrFNO. The molecule has 2 rings (SSSR count). The number of nitrogens with zero attached hydrogens (tertiary/aromatic N) is 1. The molecule has 18 heavy (non-hydrogen) atoms. The van der Waals surface area contributed by atoms with Gasteiger partial charge in [-0.15, -0.1) is 0 Å². The van der Waals surface area contributed by atoms with Gasteiger partial charge in [-0.25, -0.2) is 4.39 Å². The second-order valence-corrected chi connectivity index (χ2v) is 6.41. The van der Waals surface area contributed by atoms with Gasteiger partial charge >= 0.3 is 0 Å². The number of benzene rings is 1. The first-order valence-electron chi connectivity index (χ1n) is 6.14. The first kappa shape index (κ1) is 13.5. The largest absolute Gasteiger partial charge is 0.339 e. The fourth-order valence-corrected chi connectivity index (χ4v) is 2.52. The maximum absolute atomic E-state index is 13.9. The van der Waals surface area contributed by atoms with Crippen LogP contribution in [0.3, 0.4) is 0 Å². The lowest BCUT2D eigenvalue weighted by atomic mass is 9.82. The zero-order valence-electron chi connectivity index (χ0n) is 10.7. The average molecular weight is 314 g/mol. The zero-order valence-corrected chi connectivity index (χ0v) is 12.3. The van der Waals surface area contributed by atoms with E-state index in [1.165, 1.54) is 0 Å². The topological polar surface area (TPSA) is 20.3 Å². The van der Waals surface area contributed by atoms with Crippen molar-refractivity contribution in [2.45, 2.75) is 26.7 Å². The molecule has 0 N–H and O–H groups in total. The Kier molecular flexibility index (Phi) is 3.76. The number of piperidine rings is 1. The van der Waals surface area contributed by atoms with Crippen LogP contribution in [0.25, 0.3) is 0 Å². The molecule has 1 heterocycles. The van der Waals surface area contributed by atoms with Crippen LogP contribution < -0.4 is 0 Å². The van der Waals surface area contributed by atoms with Crippen molar-refractivity contribution in [3.05, 3.63) is 34.1 Å². The number of hydrogen-bond acceptors (Lipinski definition) is 1. The molecule has 0 atom stereocenters. The number of amides is 1. The van der Waals surface area contributed by atoms with Gasteiger partial charge in [0.1, 0.15) is 5.82 Å². The molecule has 1 aromatic rings. The predicted molar refractivity (Wildman–Crippen MR) is 73.0 cm³/mol. The minimum absolute atomic E-state index is 0.157. The SMILES string of the molecule is CC1(C)CCN(C(=O)c2cccc(Br)c2F)CC1. The second kappa shape index (κ2) is 5.00. The van der Waals surface area contributed by atoms with Crippen molar-refractivity contribution >= 4 is 21.8 Å². The van der Waals surface area contributed by atoms with E-state index in [9.17, 15) is 9.18 Å².